The van der Waals surface area contributed by atoms with E-state index in [-0.39, 0.29) is 0 Å². The molecule has 2 rings (SSSR count). The van der Waals surface area contributed by atoms with Crippen LogP contribution in [0.1, 0.15) is 24.7 Å². The van der Waals surface area contributed by atoms with Crippen molar-refractivity contribution >= 4 is 11.6 Å². The van der Waals surface area contributed by atoms with Gasteiger partial charge in [0.15, 0.2) is 0 Å². The van der Waals surface area contributed by atoms with Crippen molar-refractivity contribution in [3.8, 4) is 11.3 Å². The largest absolute Gasteiger partial charge is 0.265 e. The summed E-state index contributed by atoms with van der Waals surface area (Å²) >= 11 is 6.14. The highest BCUT2D eigenvalue weighted by Gasteiger charge is 2.10. The lowest BCUT2D eigenvalue weighted by atomic mass is 10.1. The zero-order valence-electron chi connectivity index (χ0n) is 9.94. The standard InChI is InChI=1S/C13H14ClN3/c1-3-4-11-16-12(9(2)13(14)17-11)10-5-7-15-8-6-10/h5-8H,3-4H2,1-2H3. The molecule has 17 heavy (non-hydrogen) atoms. The average Bonchev–Trinajstić information content (AvgIpc) is 2.35. The van der Waals surface area contributed by atoms with Crippen LogP contribution in [0.25, 0.3) is 11.3 Å². The lowest BCUT2D eigenvalue weighted by molar-refractivity contribution is 0.833. The molecule has 88 valence electrons. The summed E-state index contributed by atoms with van der Waals surface area (Å²) in [6, 6.07) is 3.86. The fourth-order valence-corrected chi connectivity index (χ4v) is 1.85. The Hall–Kier alpha value is -1.48. The molecule has 0 fully saturated rings. The predicted molar refractivity (Wildman–Crippen MR) is 69.0 cm³/mol. The van der Waals surface area contributed by atoms with Crippen LogP contribution in [0.3, 0.4) is 0 Å². The van der Waals surface area contributed by atoms with Crippen molar-refractivity contribution in [1.82, 2.24) is 15.0 Å². The lowest BCUT2D eigenvalue weighted by Gasteiger charge is -2.08. The molecule has 0 radical (unpaired) electrons. The molecule has 0 aromatic carbocycles. The number of nitrogens with zero attached hydrogens (tertiary/aromatic N) is 3. The highest BCUT2D eigenvalue weighted by Crippen LogP contribution is 2.25. The van der Waals surface area contributed by atoms with Crippen LogP contribution in [-0.4, -0.2) is 15.0 Å². The number of hydrogen-bond donors (Lipinski definition) is 0. The Balaban J connectivity index is 2.53. The number of aromatic nitrogens is 3. The van der Waals surface area contributed by atoms with Gasteiger partial charge in [0.05, 0.1) is 5.69 Å². The third-order valence-electron chi connectivity index (χ3n) is 2.56. The van der Waals surface area contributed by atoms with Gasteiger partial charge in [0, 0.05) is 29.9 Å². The monoisotopic (exact) mass is 247 g/mol. The third kappa shape index (κ3) is 2.61. The van der Waals surface area contributed by atoms with Crippen molar-refractivity contribution in [3.63, 3.8) is 0 Å². The molecule has 0 aliphatic heterocycles. The number of hydrogen-bond acceptors (Lipinski definition) is 3. The van der Waals surface area contributed by atoms with Crippen LogP contribution in [0.5, 0.6) is 0 Å². The van der Waals surface area contributed by atoms with Crippen molar-refractivity contribution in [2.45, 2.75) is 26.7 Å². The Labute approximate surface area is 106 Å². The fraction of sp³-hybridized carbons (Fsp3) is 0.308. The van der Waals surface area contributed by atoms with Crippen molar-refractivity contribution < 1.29 is 0 Å². The molecule has 0 saturated heterocycles. The number of halogens is 1. The van der Waals surface area contributed by atoms with Gasteiger partial charge < -0.3 is 0 Å². The summed E-state index contributed by atoms with van der Waals surface area (Å²) in [6.45, 7) is 4.04. The van der Waals surface area contributed by atoms with E-state index in [4.69, 9.17) is 11.6 Å². The van der Waals surface area contributed by atoms with Gasteiger partial charge in [-0.05, 0) is 25.5 Å². The smallest absolute Gasteiger partial charge is 0.136 e. The van der Waals surface area contributed by atoms with Crippen molar-refractivity contribution in [2.24, 2.45) is 0 Å². The third-order valence-corrected chi connectivity index (χ3v) is 2.93. The maximum absolute atomic E-state index is 6.14. The van der Waals surface area contributed by atoms with E-state index >= 15 is 0 Å². The summed E-state index contributed by atoms with van der Waals surface area (Å²) in [5.41, 5.74) is 2.84. The van der Waals surface area contributed by atoms with Gasteiger partial charge in [0.2, 0.25) is 0 Å². The molecule has 0 aliphatic carbocycles. The first-order chi connectivity index (χ1) is 8.22. The second-order valence-corrected chi connectivity index (χ2v) is 4.25. The predicted octanol–water partition coefficient (Wildman–Crippen LogP) is 3.45. The van der Waals surface area contributed by atoms with Crippen LogP contribution < -0.4 is 0 Å². The first-order valence-electron chi connectivity index (χ1n) is 5.65. The van der Waals surface area contributed by atoms with Gasteiger partial charge in [-0.1, -0.05) is 18.5 Å². The molecule has 2 heterocycles. The molecule has 0 spiro atoms. The van der Waals surface area contributed by atoms with Gasteiger partial charge in [-0.3, -0.25) is 4.98 Å². The molecular formula is C13H14ClN3. The maximum Gasteiger partial charge on any atom is 0.136 e. The van der Waals surface area contributed by atoms with E-state index in [2.05, 4.69) is 21.9 Å². The van der Waals surface area contributed by atoms with Gasteiger partial charge in [-0.15, -0.1) is 0 Å². The normalized spacial score (nSPS) is 10.5. The van der Waals surface area contributed by atoms with E-state index in [1.54, 1.807) is 12.4 Å². The SMILES string of the molecule is CCCc1nc(Cl)c(C)c(-c2ccncc2)n1. The number of pyridine rings is 1. The summed E-state index contributed by atoms with van der Waals surface area (Å²) in [6.07, 6.45) is 5.36. The summed E-state index contributed by atoms with van der Waals surface area (Å²) < 4.78 is 0. The molecule has 0 saturated carbocycles. The van der Waals surface area contributed by atoms with Gasteiger partial charge >= 0.3 is 0 Å². The summed E-state index contributed by atoms with van der Waals surface area (Å²) in [5.74, 6) is 0.801. The van der Waals surface area contributed by atoms with E-state index < -0.39 is 0 Å². The zero-order chi connectivity index (χ0) is 12.3. The topological polar surface area (TPSA) is 38.7 Å². The molecule has 2 aromatic rings. The van der Waals surface area contributed by atoms with Crippen LogP contribution in [0, 0.1) is 6.92 Å². The average molecular weight is 248 g/mol. The van der Waals surface area contributed by atoms with Gasteiger partial charge in [-0.25, -0.2) is 9.97 Å². The van der Waals surface area contributed by atoms with E-state index in [0.29, 0.717) is 5.15 Å². The van der Waals surface area contributed by atoms with Crippen LogP contribution in [0.4, 0.5) is 0 Å². The maximum atomic E-state index is 6.14. The Kier molecular flexibility index (Phi) is 3.69. The Morgan fingerprint density at radius 1 is 1.18 bits per heavy atom. The fourth-order valence-electron chi connectivity index (χ4n) is 1.66. The quantitative estimate of drug-likeness (QED) is 0.780. The second kappa shape index (κ2) is 5.23. The summed E-state index contributed by atoms with van der Waals surface area (Å²) in [5, 5.41) is 0.537. The van der Waals surface area contributed by atoms with Crippen LogP contribution >= 0.6 is 11.6 Å². The first kappa shape index (κ1) is 12.0. The van der Waals surface area contributed by atoms with Gasteiger partial charge in [0.1, 0.15) is 11.0 Å². The van der Waals surface area contributed by atoms with Crippen molar-refractivity contribution in [2.75, 3.05) is 0 Å². The minimum atomic E-state index is 0.537. The molecule has 0 N–H and O–H groups in total. The number of rotatable bonds is 3. The molecule has 0 aliphatic rings. The van der Waals surface area contributed by atoms with E-state index in [0.717, 1.165) is 35.5 Å². The molecule has 0 amide bonds. The Morgan fingerprint density at radius 3 is 2.53 bits per heavy atom. The highest BCUT2D eigenvalue weighted by atomic mass is 35.5. The zero-order valence-corrected chi connectivity index (χ0v) is 10.7. The Bertz CT molecular complexity index is 512. The molecule has 2 aromatic heterocycles. The summed E-state index contributed by atoms with van der Waals surface area (Å²) in [7, 11) is 0. The molecular weight excluding hydrogens is 234 g/mol. The van der Waals surface area contributed by atoms with Gasteiger partial charge in [-0.2, -0.15) is 0 Å². The van der Waals surface area contributed by atoms with E-state index in [1.807, 2.05) is 19.1 Å². The van der Waals surface area contributed by atoms with Crippen molar-refractivity contribution in [3.05, 3.63) is 41.1 Å². The highest BCUT2D eigenvalue weighted by molar-refractivity contribution is 6.30. The molecule has 0 atom stereocenters. The minimum absolute atomic E-state index is 0.537. The minimum Gasteiger partial charge on any atom is -0.265 e. The molecule has 3 nitrogen and oxygen atoms in total. The summed E-state index contributed by atoms with van der Waals surface area (Å²) in [4.78, 5) is 12.9. The van der Waals surface area contributed by atoms with Crippen LogP contribution in [-0.2, 0) is 6.42 Å². The van der Waals surface area contributed by atoms with Crippen LogP contribution in [0.2, 0.25) is 5.15 Å². The van der Waals surface area contributed by atoms with Gasteiger partial charge in [0.25, 0.3) is 0 Å². The lowest BCUT2D eigenvalue weighted by Crippen LogP contribution is -2.00. The first-order valence-corrected chi connectivity index (χ1v) is 6.03. The molecule has 4 heteroatoms. The van der Waals surface area contributed by atoms with Crippen molar-refractivity contribution in [1.29, 1.82) is 0 Å². The molecule has 0 unspecified atom stereocenters. The van der Waals surface area contributed by atoms with E-state index in [1.165, 1.54) is 0 Å². The Morgan fingerprint density at radius 2 is 1.88 bits per heavy atom. The molecule has 0 bridgehead atoms. The second-order valence-electron chi connectivity index (χ2n) is 3.89. The van der Waals surface area contributed by atoms with E-state index in [9.17, 15) is 0 Å². The number of aryl methyl sites for hydroxylation is 1. The van der Waals surface area contributed by atoms with Crippen LogP contribution in [0.15, 0.2) is 24.5 Å².